The van der Waals surface area contributed by atoms with Gasteiger partial charge in [0.25, 0.3) is 11.1 Å². The van der Waals surface area contributed by atoms with Crippen LogP contribution in [0.25, 0.3) is 22.3 Å². The molecule has 0 aromatic carbocycles. The molecule has 7 heterocycles. The van der Waals surface area contributed by atoms with Gasteiger partial charge in [-0.15, -0.1) is 0 Å². The number of aryl methyl sites for hydroxylation is 3. The molecule has 0 spiro atoms. The molecule has 0 amide bonds. The number of imidazole rings is 2. The molecule has 6 aromatic rings. The molecule has 0 atom stereocenters. The molecule has 66 heavy (non-hydrogen) atoms. The maximum atomic E-state index is 13.1. The van der Waals surface area contributed by atoms with Gasteiger partial charge in [-0.25, -0.2) is 19.6 Å². The van der Waals surface area contributed by atoms with Crippen LogP contribution in [0.1, 0.15) is 24.6 Å². The SMILES string of the molecule is C.CB1OB(C)OB(C)O1.Cc1nc2c(c(=O)n(Cc3ccccn3)c(=O)n2C)n1COCC[Si](C)(C)C.Cn1c(=O)n(Cc2ccccn2)c(=O)c2c1nc(Br)n2COCC[Si](C)(C)C. The molecule has 6 aromatic heterocycles. The van der Waals surface area contributed by atoms with E-state index in [1.807, 2.05) is 39.5 Å². The fraction of sp³-hybridized carbons (Fsp3) is 0.512. The van der Waals surface area contributed by atoms with Crippen LogP contribution in [-0.2, 0) is 63.8 Å². The first-order valence-electron chi connectivity index (χ1n) is 21.5. The van der Waals surface area contributed by atoms with Crippen molar-refractivity contribution in [3.05, 3.63) is 112 Å². The molecular weight excluding hydrogens is 945 g/mol. The third kappa shape index (κ3) is 14.3. The van der Waals surface area contributed by atoms with Gasteiger partial charge in [-0.1, -0.05) is 58.8 Å². The van der Waals surface area contributed by atoms with E-state index in [1.165, 1.54) is 18.3 Å². The Morgan fingerprint density at radius 2 is 1.02 bits per heavy atom. The second kappa shape index (κ2) is 23.5. The average Bonchev–Trinajstić information content (AvgIpc) is 3.75. The first-order chi connectivity index (χ1) is 30.6. The van der Waals surface area contributed by atoms with Crippen LogP contribution in [0.5, 0.6) is 0 Å². The molecular formula is C41H64B3BrN10O9Si2. The summed E-state index contributed by atoms with van der Waals surface area (Å²) in [7, 11) is 0.427. The quantitative estimate of drug-likeness (QED) is 0.0764. The van der Waals surface area contributed by atoms with Gasteiger partial charge in [-0.05, 0) is 79.7 Å². The van der Waals surface area contributed by atoms with E-state index in [1.54, 1.807) is 59.9 Å². The van der Waals surface area contributed by atoms with Gasteiger partial charge < -0.3 is 23.2 Å². The lowest BCUT2D eigenvalue weighted by atomic mass is 9.74. The molecule has 19 nitrogen and oxygen atoms in total. The average molecular weight is 1010 g/mol. The van der Waals surface area contributed by atoms with Gasteiger partial charge in [-0.3, -0.25) is 47.0 Å². The van der Waals surface area contributed by atoms with Crippen LogP contribution in [0.4, 0.5) is 0 Å². The van der Waals surface area contributed by atoms with Crippen LogP contribution < -0.4 is 22.5 Å². The Balaban J connectivity index is 0.000000240. The van der Waals surface area contributed by atoms with Gasteiger partial charge in [0.15, 0.2) is 27.1 Å². The van der Waals surface area contributed by atoms with Crippen LogP contribution in [0.2, 0.25) is 71.8 Å². The smallest absolute Gasteiger partial charge is 0.426 e. The molecule has 1 saturated heterocycles. The highest BCUT2D eigenvalue weighted by atomic mass is 79.9. The molecule has 25 heteroatoms. The number of aromatic nitrogens is 10. The van der Waals surface area contributed by atoms with E-state index >= 15 is 0 Å². The van der Waals surface area contributed by atoms with Crippen molar-refractivity contribution in [1.82, 2.24) is 47.3 Å². The summed E-state index contributed by atoms with van der Waals surface area (Å²) in [6, 6.07) is 12.9. The minimum Gasteiger partial charge on any atom is -0.453 e. The molecule has 0 N–H and O–H groups in total. The number of halogens is 1. The van der Waals surface area contributed by atoms with Gasteiger partial charge in [-0.2, -0.15) is 0 Å². The monoisotopic (exact) mass is 1010 g/mol. The Bertz CT molecular complexity index is 2590. The van der Waals surface area contributed by atoms with Crippen molar-refractivity contribution < 1.29 is 23.2 Å². The topological polar surface area (TPSA) is 196 Å². The number of hydrogen-bond acceptors (Lipinski definition) is 13. The summed E-state index contributed by atoms with van der Waals surface area (Å²) in [5.74, 6) is 0.644. The van der Waals surface area contributed by atoms with Crippen molar-refractivity contribution >= 4 is 75.8 Å². The number of nitrogens with zero attached hydrogens (tertiary/aromatic N) is 10. The molecule has 1 aliphatic heterocycles. The largest absolute Gasteiger partial charge is 0.453 e. The van der Waals surface area contributed by atoms with E-state index in [4.69, 9.17) is 23.2 Å². The molecule has 0 unspecified atom stereocenters. The second-order valence-electron chi connectivity index (χ2n) is 18.2. The Labute approximate surface area is 397 Å². The Morgan fingerprint density at radius 1 is 0.621 bits per heavy atom. The molecule has 0 saturated carbocycles. The Morgan fingerprint density at radius 3 is 1.41 bits per heavy atom. The zero-order chi connectivity index (χ0) is 47.8. The van der Waals surface area contributed by atoms with Crippen LogP contribution in [0, 0.1) is 6.92 Å². The number of fused-ring (bicyclic) bond motifs is 2. The third-order valence-corrected chi connectivity index (χ3v) is 14.3. The predicted octanol–water partition coefficient (Wildman–Crippen LogP) is 5.42. The predicted molar refractivity (Wildman–Crippen MR) is 271 cm³/mol. The summed E-state index contributed by atoms with van der Waals surface area (Å²) >= 11 is 3.39. The van der Waals surface area contributed by atoms with Gasteiger partial charge >= 0.3 is 32.7 Å². The minimum atomic E-state index is -1.21. The van der Waals surface area contributed by atoms with E-state index in [-0.39, 0.29) is 60.9 Å². The fourth-order valence-electron chi connectivity index (χ4n) is 6.66. The number of pyridine rings is 2. The van der Waals surface area contributed by atoms with E-state index in [2.05, 4.69) is 75.1 Å². The van der Waals surface area contributed by atoms with Crippen LogP contribution in [0.3, 0.4) is 0 Å². The third-order valence-electron chi connectivity index (χ3n) is 10.3. The summed E-state index contributed by atoms with van der Waals surface area (Å²) in [5, 5.41) is 0. The van der Waals surface area contributed by atoms with E-state index < -0.39 is 33.1 Å². The molecule has 356 valence electrons. The van der Waals surface area contributed by atoms with Crippen LogP contribution in [-0.4, -0.2) is 98.1 Å². The zero-order valence-electron chi connectivity index (χ0n) is 39.5. The second-order valence-corrected chi connectivity index (χ2v) is 30.1. The zero-order valence-corrected chi connectivity index (χ0v) is 43.1. The minimum absolute atomic E-state index is 0. The lowest BCUT2D eigenvalue weighted by Gasteiger charge is -2.25. The van der Waals surface area contributed by atoms with Crippen molar-refractivity contribution in [2.45, 2.75) is 113 Å². The molecule has 7 rings (SSSR count). The molecule has 0 bridgehead atoms. The Hall–Kier alpha value is -4.49. The van der Waals surface area contributed by atoms with Gasteiger partial charge in [0, 0.05) is 55.9 Å². The van der Waals surface area contributed by atoms with Gasteiger partial charge in [0.1, 0.15) is 19.3 Å². The maximum absolute atomic E-state index is 13.1. The maximum Gasteiger partial charge on any atom is 0.426 e. The van der Waals surface area contributed by atoms with Crippen molar-refractivity contribution in [1.29, 1.82) is 0 Å². The normalized spacial score (nSPS) is 13.1. The highest BCUT2D eigenvalue weighted by molar-refractivity contribution is 9.10. The van der Waals surface area contributed by atoms with Crippen molar-refractivity contribution in [3.8, 4) is 0 Å². The first kappa shape index (κ1) is 54.1. The number of rotatable bonds is 14. The van der Waals surface area contributed by atoms with Gasteiger partial charge in [0.05, 0.1) is 24.5 Å². The molecule has 0 aliphatic carbocycles. The summed E-state index contributed by atoms with van der Waals surface area (Å²) in [6.07, 6.45) is 3.28. The first-order valence-corrected chi connectivity index (χ1v) is 29.7. The highest BCUT2D eigenvalue weighted by Gasteiger charge is 2.31. The van der Waals surface area contributed by atoms with Crippen molar-refractivity contribution in [2.24, 2.45) is 14.1 Å². The summed E-state index contributed by atoms with van der Waals surface area (Å²) in [6.45, 7) is 23.0. The van der Waals surface area contributed by atoms with Crippen molar-refractivity contribution in [3.63, 3.8) is 0 Å². The van der Waals surface area contributed by atoms with Gasteiger partial charge in [0.2, 0.25) is 0 Å². The summed E-state index contributed by atoms with van der Waals surface area (Å²) < 4.78 is 36.0. The van der Waals surface area contributed by atoms with Crippen LogP contribution in [0.15, 0.2) is 72.7 Å². The highest BCUT2D eigenvalue weighted by Crippen LogP contribution is 2.18. The Kier molecular flexibility index (Phi) is 19.3. The number of ether oxygens (including phenoxy) is 2. The lowest BCUT2D eigenvalue weighted by Crippen LogP contribution is -2.44. The molecule has 1 aliphatic rings. The van der Waals surface area contributed by atoms with Crippen molar-refractivity contribution in [2.75, 3.05) is 13.2 Å². The lowest BCUT2D eigenvalue weighted by molar-refractivity contribution is 0.0881. The van der Waals surface area contributed by atoms with E-state index in [0.29, 0.717) is 57.5 Å². The number of hydrogen-bond donors (Lipinski definition) is 0. The molecule has 1 fully saturated rings. The standard InChI is InChI=1S/C19H27N5O3Si.C18H24BrN5O3Si.C3H9B3O3.CH4/c1-14-21-17-16(24(14)13-27-10-11-28(3,4)5)18(25)23(19(26)22(17)2)12-15-8-6-7-9-20-15;1-22-15-14(24(17(19)21-15)12-27-9-10-28(2,3)4)16(25)23(18(22)26)11-13-7-5-6-8-20-13;1-4-7-5(2)9-6(3)8-4;/h6-9H,10-13H2,1-5H3;5-8H,9-12H2,1-4H3;1-3H3;1H4. The summed E-state index contributed by atoms with van der Waals surface area (Å²) in [5.41, 5.74) is 1.07. The van der Waals surface area contributed by atoms with E-state index in [0.717, 1.165) is 12.1 Å². The van der Waals surface area contributed by atoms with Crippen LogP contribution >= 0.6 is 15.9 Å². The summed E-state index contributed by atoms with van der Waals surface area (Å²) in [4.78, 5) is 68.9. The fourth-order valence-corrected chi connectivity index (χ4v) is 8.62. The molecule has 0 radical (unpaired) electrons. The van der Waals surface area contributed by atoms with E-state index in [9.17, 15) is 19.2 Å².